The first kappa shape index (κ1) is 20.8. The van der Waals surface area contributed by atoms with E-state index in [0.717, 1.165) is 40.7 Å². The molecule has 0 aliphatic carbocycles. The van der Waals surface area contributed by atoms with Crippen molar-refractivity contribution in [2.75, 3.05) is 24.6 Å². The zero-order valence-electron chi connectivity index (χ0n) is 16.9. The highest BCUT2D eigenvalue weighted by atomic mass is 35.5. The topological polar surface area (TPSA) is 67.4 Å². The van der Waals surface area contributed by atoms with Gasteiger partial charge in [0, 0.05) is 36.4 Å². The van der Waals surface area contributed by atoms with Gasteiger partial charge in [-0.1, -0.05) is 29.8 Å². The number of thiazole rings is 1. The summed E-state index contributed by atoms with van der Waals surface area (Å²) in [6, 6.07) is 11.5. The molecule has 3 heterocycles. The summed E-state index contributed by atoms with van der Waals surface area (Å²) in [5, 5.41) is 4.45. The lowest BCUT2D eigenvalue weighted by Gasteiger charge is -2.32. The SMILES string of the molecule is Cc1nc(-c2ccc(Cl)cc2)sc1C(=O)NCc1ccc(N2CCO[C@H](C)C2)nc1. The molecular weight excluding hydrogens is 420 g/mol. The zero-order chi connectivity index (χ0) is 21.1. The number of amides is 1. The van der Waals surface area contributed by atoms with Crippen molar-refractivity contribution in [2.45, 2.75) is 26.5 Å². The van der Waals surface area contributed by atoms with E-state index in [1.807, 2.05) is 49.5 Å². The molecule has 1 amide bonds. The van der Waals surface area contributed by atoms with E-state index in [1.54, 1.807) is 0 Å². The molecule has 1 aliphatic heterocycles. The lowest BCUT2D eigenvalue weighted by Crippen LogP contribution is -2.41. The quantitative estimate of drug-likeness (QED) is 0.637. The number of carbonyl (C=O) groups excluding carboxylic acids is 1. The molecule has 0 radical (unpaired) electrons. The summed E-state index contributed by atoms with van der Waals surface area (Å²) < 4.78 is 5.58. The molecule has 2 aromatic heterocycles. The van der Waals surface area contributed by atoms with Gasteiger partial charge in [0.1, 0.15) is 15.7 Å². The molecule has 0 saturated carbocycles. The van der Waals surface area contributed by atoms with Gasteiger partial charge in [-0.3, -0.25) is 4.79 Å². The predicted octanol–water partition coefficient (Wildman–Crippen LogP) is 4.32. The molecule has 1 saturated heterocycles. The van der Waals surface area contributed by atoms with E-state index in [1.165, 1.54) is 11.3 Å². The number of nitrogens with zero attached hydrogens (tertiary/aromatic N) is 3. The number of aromatic nitrogens is 2. The maximum Gasteiger partial charge on any atom is 0.263 e. The van der Waals surface area contributed by atoms with Gasteiger partial charge in [0.2, 0.25) is 0 Å². The van der Waals surface area contributed by atoms with Gasteiger partial charge >= 0.3 is 0 Å². The number of halogens is 1. The highest BCUT2D eigenvalue weighted by Crippen LogP contribution is 2.28. The molecule has 1 aliphatic rings. The number of carbonyl (C=O) groups is 1. The summed E-state index contributed by atoms with van der Waals surface area (Å²) in [4.78, 5) is 24.6. The molecule has 0 unspecified atom stereocenters. The summed E-state index contributed by atoms with van der Waals surface area (Å²) in [6.07, 6.45) is 2.02. The van der Waals surface area contributed by atoms with Crippen LogP contribution in [-0.4, -0.2) is 41.7 Å². The Morgan fingerprint density at radius 2 is 2.10 bits per heavy atom. The Morgan fingerprint density at radius 1 is 1.30 bits per heavy atom. The Labute approximate surface area is 184 Å². The van der Waals surface area contributed by atoms with Crippen LogP contribution in [0.15, 0.2) is 42.6 Å². The van der Waals surface area contributed by atoms with Crippen LogP contribution >= 0.6 is 22.9 Å². The summed E-state index contributed by atoms with van der Waals surface area (Å²) >= 11 is 7.33. The Balaban J connectivity index is 1.38. The summed E-state index contributed by atoms with van der Waals surface area (Å²) in [5.74, 6) is 0.808. The molecule has 6 nitrogen and oxygen atoms in total. The highest BCUT2D eigenvalue weighted by Gasteiger charge is 2.18. The van der Waals surface area contributed by atoms with Crippen molar-refractivity contribution in [1.82, 2.24) is 15.3 Å². The van der Waals surface area contributed by atoms with Crippen molar-refractivity contribution < 1.29 is 9.53 Å². The van der Waals surface area contributed by atoms with Gasteiger partial charge in [-0.15, -0.1) is 11.3 Å². The maximum absolute atomic E-state index is 12.7. The van der Waals surface area contributed by atoms with Gasteiger partial charge in [0.25, 0.3) is 5.91 Å². The van der Waals surface area contributed by atoms with E-state index < -0.39 is 0 Å². The van der Waals surface area contributed by atoms with Crippen molar-refractivity contribution in [1.29, 1.82) is 0 Å². The molecule has 0 bridgehead atoms. The van der Waals surface area contributed by atoms with Crippen LogP contribution in [0, 0.1) is 6.92 Å². The molecule has 1 aromatic carbocycles. The molecule has 1 atom stereocenters. The second-order valence-corrected chi connectivity index (χ2v) is 8.71. The van der Waals surface area contributed by atoms with Gasteiger partial charge in [-0.2, -0.15) is 0 Å². The first-order valence-electron chi connectivity index (χ1n) is 9.82. The van der Waals surface area contributed by atoms with Crippen LogP contribution in [-0.2, 0) is 11.3 Å². The molecule has 8 heteroatoms. The standard InChI is InChI=1S/C22H23ClN4O2S/c1-14-13-27(9-10-29-14)19-8-3-16(11-24-19)12-25-21(28)20-15(2)26-22(30-20)17-4-6-18(23)7-5-17/h3-8,11,14H,9-10,12-13H2,1-2H3,(H,25,28)/t14-/m1/s1. The van der Waals surface area contributed by atoms with Crippen LogP contribution in [0.1, 0.15) is 27.9 Å². The number of hydrogen-bond donors (Lipinski definition) is 1. The number of benzene rings is 1. The molecule has 156 valence electrons. The number of aryl methyl sites for hydroxylation is 1. The third-order valence-corrected chi connectivity index (χ3v) is 6.38. The summed E-state index contributed by atoms with van der Waals surface area (Å²) in [6.45, 7) is 6.73. The Bertz CT molecular complexity index is 1020. The van der Waals surface area contributed by atoms with Gasteiger partial charge in [-0.05, 0) is 37.6 Å². The average Bonchev–Trinajstić information content (AvgIpc) is 3.14. The van der Waals surface area contributed by atoms with E-state index in [4.69, 9.17) is 16.3 Å². The normalized spacial score (nSPS) is 16.5. The number of ether oxygens (including phenoxy) is 1. The van der Waals surface area contributed by atoms with Crippen LogP contribution in [0.2, 0.25) is 5.02 Å². The Hall–Kier alpha value is -2.48. The van der Waals surface area contributed by atoms with Crippen molar-refractivity contribution in [3.63, 3.8) is 0 Å². The van der Waals surface area contributed by atoms with Crippen LogP contribution in [0.5, 0.6) is 0 Å². The van der Waals surface area contributed by atoms with E-state index in [0.29, 0.717) is 23.1 Å². The van der Waals surface area contributed by atoms with E-state index in [9.17, 15) is 4.79 Å². The van der Waals surface area contributed by atoms with E-state index in [2.05, 4.69) is 27.1 Å². The van der Waals surface area contributed by atoms with Crippen LogP contribution in [0.4, 0.5) is 5.82 Å². The van der Waals surface area contributed by atoms with Gasteiger partial charge in [0.05, 0.1) is 18.4 Å². The van der Waals surface area contributed by atoms with Crippen LogP contribution in [0.25, 0.3) is 10.6 Å². The van der Waals surface area contributed by atoms with Crippen molar-refractivity contribution >= 4 is 34.7 Å². The number of nitrogens with one attached hydrogen (secondary N) is 1. The average molecular weight is 443 g/mol. The minimum absolute atomic E-state index is 0.128. The predicted molar refractivity (Wildman–Crippen MR) is 120 cm³/mol. The first-order chi connectivity index (χ1) is 14.5. The third kappa shape index (κ3) is 4.80. The number of rotatable bonds is 5. The Kier molecular flexibility index (Phi) is 6.32. The fraction of sp³-hybridized carbons (Fsp3) is 0.318. The van der Waals surface area contributed by atoms with Crippen molar-refractivity contribution in [2.24, 2.45) is 0 Å². The molecule has 1 fully saturated rings. The fourth-order valence-electron chi connectivity index (χ4n) is 3.32. The largest absolute Gasteiger partial charge is 0.375 e. The van der Waals surface area contributed by atoms with E-state index >= 15 is 0 Å². The van der Waals surface area contributed by atoms with Crippen LogP contribution in [0.3, 0.4) is 0 Å². The minimum Gasteiger partial charge on any atom is -0.375 e. The number of anilines is 1. The van der Waals surface area contributed by atoms with E-state index in [-0.39, 0.29) is 12.0 Å². The smallest absolute Gasteiger partial charge is 0.263 e. The van der Waals surface area contributed by atoms with Crippen molar-refractivity contribution in [3.8, 4) is 10.6 Å². The summed E-state index contributed by atoms with van der Waals surface area (Å²) in [7, 11) is 0. The summed E-state index contributed by atoms with van der Waals surface area (Å²) in [5.41, 5.74) is 2.62. The molecule has 3 aromatic rings. The lowest BCUT2D eigenvalue weighted by atomic mass is 10.2. The third-order valence-electron chi connectivity index (χ3n) is 4.92. The molecule has 4 rings (SSSR count). The van der Waals surface area contributed by atoms with Crippen molar-refractivity contribution in [3.05, 3.63) is 63.8 Å². The number of pyridine rings is 1. The first-order valence-corrected chi connectivity index (χ1v) is 11.0. The second kappa shape index (κ2) is 9.12. The zero-order valence-corrected chi connectivity index (χ0v) is 18.5. The highest BCUT2D eigenvalue weighted by molar-refractivity contribution is 7.17. The minimum atomic E-state index is -0.128. The number of hydrogen-bond acceptors (Lipinski definition) is 6. The molecular formula is C22H23ClN4O2S. The number of morpholine rings is 1. The van der Waals surface area contributed by atoms with Gasteiger partial charge < -0.3 is 15.0 Å². The van der Waals surface area contributed by atoms with Gasteiger partial charge in [0.15, 0.2) is 0 Å². The molecule has 30 heavy (non-hydrogen) atoms. The van der Waals surface area contributed by atoms with Crippen LogP contribution < -0.4 is 10.2 Å². The lowest BCUT2D eigenvalue weighted by molar-refractivity contribution is 0.0529. The second-order valence-electron chi connectivity index (χ2n) is 7.28. The fourth-order valence-corrected chi connectivity index (χ4v) is 4.43. The molecule has 1 N–H and O–H groups in total. The maximum atomic E-state index is 12.7. The molecule has 0 spiro atoms. The van der Waals surface area contributed by atoms with Gasteiger partial charge in [-0.25, -0.2) is 9.97 Å². The Morgan fingerprint density at radius 3 is 2.80 bits per heavy atom. The monoisotopic (exact) mass is 442 g/mol.